The Morgan fingerprint density at radius 3 is 2.32 bits per heavy atom. The first kappa shape index (κ1) is 18.1. The second kappa shape index (κ2) is 7.27. The Labute approximate surface area is 152 Å². The van der Waals surface area contributed by atoms with E-state index in [1.165, 1.54) is 0 Å². The molecule has 0 saturated carbocycles. The highest BCUT2D eigenvalue weighted by Gasteiger charge is 2.21. The van der Waals surface area contributed by atoms with Crippen molar-refractivity contribution in [1.29, 1.82) is 0 Å². The third kappa shape index (κ3) is 4.28. The molecule has 0 radical (unpaired) electrons. The number of nitrogens with zero attached hydrogens (tertiary/aromatic N) is 1. The number of anilines is 2. The number of nitrogens with one attached hydrogen (secondary N) is 1. The monoisotopic (exact) mass is 432 g/mol. The fourth-order valence-electron chi connectivity index (χ4n) is 2.56. The molecule has 0 aliphatic carbocycles. The van der Waals surface area contributed by atoms with Crippen molar-refractivity contribution in [2.45, 2.75) is 4.90 Å². The average molecular weight is 433 g/mol. The van der Waals surface area contributed by atoms with Crippen LogP contribution < -0.4 is 9.62 Å². The molecule has 1 aliphatic rings. The maximum absolute atomic E-state index is 13.4. The van der Waals surface area contributed by atoms with Crippen LogP contribution >= 0.6 is 15.9 Å². The van der Waals surface area contributed by atoms with Crippen LogP contribution in [0.4, 0.5) is 20.2 Å². The average Bonchev–Trinajstić information content (AvgIpc) is 2.54. The van der Waals surface area contributed by atoms with Crippen LogP contribution in [0.1, 0.15) is 0 Å². The first-order valence-electron chi connectivity index (χ1n) is 7.46. The molecule has 0 aromatic heterocycles. The molecule has 134 valence electrons. The van der Waals surface area contributed by atoms with E-state index in [-0.39, 0.29) is 0 Å². The van der Waals surface area contributed by atoms with Crippen molar-refractivity contribution in [3.8, 4) is 0 Å². The van der Waals surface area contributed by atoms with E-state index in [1.54, 1.807) is 18.2 Å². The summed E-state index contributed by atoms with van der Waals surface area (Å²) in [6.07, 6.45) is 0. The normalized spacial score (nSPS) is 15.2. The highest BCUT2D eigenvalue weighted by atomic mass is 79.9. The van der Waals surface area contributed by atoms with Gasteiger partial charge in [-0.05, 0) is 30.3 Å². The first-order valence-corrected chi connectivity index (χ1v) is 9.74. The van der Waals surface area contributed by atoms with Gasteiger partial charge in [0, 0.05) is 23.6 Å². The van der Waals surface area contributed by atoms with Crippen LogP contribution in [0.5, 0.6) is 0 Å². The van der Waals surface area contributed by atoms with Crippen molar-refractivity contribution in [2.24, 2.45) is 0 Å². The van der Waals surface area contributed by atoms with Gasteiger partial charge in [0.25, 0.3) is 10.0 Å². The minimum absolute atomic E-state index is 0.320. The standard InChI is InChI=1S/C16H15BrF2N2O3S/c17-11-1-2-16(21-3-5-24-6-4-21)15(7-11)20-25(22,23)14-9-12(18)8-13(19)10-14/h1-2,7-10,20H,3-6H2. The Balaban J connectivity index is 1.97. The maximum atomic E-state index is 13.4. The summed E-state index contributed by atoms with van der Waals surface area (Å²) in [7, 11) is -4.15. The fraction of sp³-hybridized carbons (Fsp3) is 0.250. The van der Waals surface area contributed by atoms with Gasteiger partial charge in [-0.25, -0.2) is 17.2 Å². The summed E-state index contributed by atoms with van der Waals surface area (Å²) < 4.78 is 60.2. The number of sulfonamides is 1. The minimum Gasteiger partial charge on any atom is -0.378 e. The van der Waals surface area contributed by atoms with E-state index in [2.05, 4.69) is 20.7 Å². The Morgan fingerprint density at radius 2 is 1.68 bits per heavy atom. The molecule has 1 N–H and O–H groups in total. The molecule has 25 heavy (non-hydrogen) atoms. The van der Waals surface area contributed by atoms with Crippen LogP contribution in [0.15, 0.2) is 45.8 Å². The van der Waals surface area contributed by atoms with E-state index in [9.17, 15) is 17.2 Å². The van der Waals surface area contributed by atoms with Gasteiger partial charge in [-0.3, -0.25) is 4.72 Å². The third-order valence-electron chi connectivity index (χ3n) is 3.70. The maximum Gasteiger partial charge on any atom is 0.262 e. The van der Waals surface area contributed by atoms with Crippen LogP contribution in [0.2, 0.25) is 0 Å². The lowest BCUT2D eigenvalue weighted by Crippen LogP contribution is -2.36. The number of hydrogen-bond acceptors (Lipinski definition) is 4. The van der Waals surface area contributed by atoms with Gasteiger partial charge in [-0.15, -0.1) is 0 Å². The van der Waals surface area contributed by atoms with Crippen LogP contribution in [0.3, 0.4) is 0 Å². The van der Waals surface area contributed by atoms with E-state index in [0.29, 0.717) is 48.2 Å². The van der Waals surface area contributed by atoms with Crippen LogP contribution in [-0.4, -0.2) is 34.7 Å². The molecule has 3 rings (SSSR count). The molecule has 9 heteroatoms. The number of benzene rings is 2. The van der Waals surface area contributed by atoms with E-state index < -0.39 is 26.6 Å². The van der Waals surface area contributed by atoms with E-state index >= 15 is 0 Å². The molecular weight excluding hydrogens is 418 g/mol. The number of morpholine rings is 1. The van der Waals surface area contributed by atoms with Crippen molar-refractivity contribution in [3.63, 3.8) is 0 Å². The molecule has 0 bridgehead atoms. The summed E-state index contributed by atoms with van der Waals surface area (Å²) in [5, 5.41) is 0. The van der Waals surface area contributed by atoms with Gasteiger partial charge in [0.2, 0.25) is 0 Å². The van der Waals surface area contributed by atoms with Crippen molar-refractivity contribution in [2.75, 3.05) is 35.9 Å². The summed E-state index contributed by atoms with van der Waals surface area (Å²) in [5.74, 6) is -1.91. The lowest BCUT2D eigenvalue weighted by Gasteiger charge is -2.30. The molecule has 0 atom stereocenters. The number of ether oxygens (including phenoxy) is 1. The predicted molar refractivity (Wildman–Crippen MR) is 94.3 cm³/mol. The molecule has 0 amide bonds. The van der Waals surface area contributed by atoms with Gasteiger partial charge in [0.05, 0.1) is 29.5 Å². The van der Waals surface area contributed by atoms with Gasteiger partial charge >= 0.3 is 0 Å². The molecule has 2 aromatic rings. The summed E-state index contributed by atoms with van der Waals surface area (Å²) in [5.41, 5.74) is 0.993. The van der Waals surface area contributed by atoms with Gasteiger partial charge in [0.15, 0.2) is 0 Å². The largest absolute Gasteiger partial charge is 0.378 e. The summed E-state index contributed by atoms with van der Waals surface area (Å²) in [4.78, 5) is 1.51. The zero-order valence-electron chi connectivity index (χ0n) is 13.0. The minimum atomic E-state index is -4.15. The molecule has 5 nitrogen and oxygen atoms in total. The van der Waals surface area contributed by atoms with Crippen LogP contribution in [-0.2, 0) is 14.8 Å². The molecule has 1 fully saturated rings. The Morgan fingerprint density at radius 1 is 1.04 bits per heavy atom. The second-order valence-electron chi connectivity index (χ2n) is 5.47. The number of halogens is 3. The predicted octanol–water partition coefficient (Wildman–Crippen LogP) is 3.36. The summed E-state index contributed by atoms with van der Waals surface area (Å²) >= 11 is 3.31. The summed E-state index contributed by atoms with van der Waals surface area (Å²) in [6.45, 7) is 2.31. The molecule has 1 aliphatic heterocycles. The molecule has 1 saturated heterocycles. The van der Waals surface area contributed by atoms with E-state index in [1.807, 2.05) is 4.90 Å². The molecule has 0 spiro atoms. The quantitative estimate of drug-likeness (QED) is 0.804. The topological polar surface area (TPSA) is 58.6 Å². The van der Waals surface area contributed by atoms with Gasteiger partial charge in [0.1, 0.15) is 11.6 Å². The van der Waals surface area contributed by atoms with Gasteiger partial charge < -0.3 is 9.64 Å². The van der Waals surface area contributed by atoms with Crippen molar-refractivity contribution >= 4 is 37.3 Å². The Kier molecular flexibility index (Phi) is 5.26. The first-order chi connectivity index (χ1) is 11.8. The molecule has 0 unspecified atom stereocenters. The Bertz CT molecular complexity index is 867. The second-order valence-corrected chi connectivity index (χ2v) is 8.07. The van der Waals surface area contributed by atoms with Gasteiger partial charge in [-0.2, -0.15) is 0 Å². The number of hydrogen-bond donors (Lipinski definition) is 1. The zero-order chi connectivity index (χ0) is 18.0. The Hall–Kier alpha value is -1.71. The summed E-state index contributed by atoms with van der Waals surface area (Å²) in [6, 6.07) is 7.36. The van der Waals surface area contributed by atoms with Crippen LogP contribution in [0.25, 0.3) is 0 Å². The van der Waals surface area contributed by atoms with Crippen molar-refractivity contribution in [1.82, 2.24) is 0 Å². The fourth-order valence-corrected chi connectivity index (χ4v) is 4.02. The smallest absolute Gasteiger partial charge is 0.262 e. The van der Waals surface area contributed by atoms with Crippen molar-refractivity contribution < 1.29 is 21.9 Å². The van der Waals surface area contributed by atoms with E-state index in [0.717, 1.165) is 12.1 Å². The molecule has 2 aromatic carbocycles. The molecular formula is C16H15BrF2N2O3S. The third-order valence-corrected chi connectivity index (χ3v) is 5.54. The lowest BCUT2D eigenvalue weighted by atomic mass is 10.2. The highest BCUT2D eigenvalue weighted by Crippen LogP contribution is 2.32. The van der Waals surface area contributed by atoms with E-state index in [4.69, 9.17) is 4.74 Å². The number of rotatable bonds is 4. The van der Waals surface area contributed by atoms with Gasteiger partial charge in [-0.1, -0.05) is 15.9 Å². The highest BCUT2D eigenvalue weighted by molar-refractivity contribution is 9.10. The lowest BCUT2D eigenvalue weighted by molar-refractivity contribution is 0.123. The SMILES string of the molecule is O=S(=O)(Nc1cc(Br)ccc1N1CCOCC1)c1cc(F)cc(F)c1. The zero-order valence-corrected chi connectivity index (χ0v) is 15.4. The molecule has 1 heterocycles. The van der Waals surface area contributed by atoms with Crippen LogP contribution in [0, 0.1) is 11.6 Å². The van der Waals surface area contributed by atoms with Crippen molar-refractivity contribution in [3.05, 3.63) is 52.5 Å².